The zero-order chi connectivity index (χ0) is 18.4. The van der Waals surface area contributed by atoms with Crippen molar-refractivity contribution < 1.29 is 17.9 Å². The lowest BCUT2D eigenvalue weighted by Gasteiger charge is -2.10. The van der Waals surface area contributed by atoms with Crippen LogP contribution in [0.2, 0.25) is 0 Å². The molecule has 1 heterocycles. The van der Waals surface area contributed by atoms with Crippen molar-refractivity contribution in [3.05, 3.63) is 63.7 Å². The van der Waals surface area contributed by atoms with E-state index in [9.17, 15) is 13.2 Å². The Morgan fingerprint density at radius 3 is 2.48 bits per heavy atom. The van der Waals surface area contributed by atoms with E-state index in [2.05, 4.69) is 26.2 Å². The highest BCUT2D eigenvalue weighted by molar-refractivity contribution is 9.10. The number of ether oxygens (including phenoxy) is 1. The Morgan fingerprint density at radius 1 is 1.24 bits per heavy atom. The first-order chi connectivity index (χ1) is 11.8. The number of rotatable bonds is 6. The molecular weight excluding hydrogens is 408 g/mol. The maximum absolute atomic E-state index is 12.8. The number of aromatic nitrogens is 1. The third kappa shape index (κ3) is 4.90. The van der Waals surface area contributed by atoms with Gasteiger partial charge in [0.1, 0.15) is 5.82 Å². The first kappa shape index (κ1) is 19.1. The standard InChI is InChI=1S/C17H17BrN2O4S/c1-3-24-17(21)15(11-20-16-9-6-13(18)10-19-16)25(22,23)14-7-4-12(2)5-8-14/h4-11H,3H2,1-2H3,(H,19,20). The quantitative estimate of drug-likeness (QED) is 0.564. The van der Waals surface area contributed by atoms with Crippen molar-refractivity contribution in [2.45, 2.75) is 18.7 Å². The van der Waals surface area contributed by atoms with E-state index in [1.165, 1.54) is 12.1 Å². The summed E-state index contributed by atoms with van der Waals surface area (Å²) < 4.78 is 31.3. The zero-order valence-corrected chi connectivity index (χ0v) is 16.1. The molecular formula is C17H17BrN2O4S. The number of anilines is 1. The smallest absolute Gasteiger partial charge is 0.351 e. The molecule has 1 aromatic heterocycles. The van der Waals surface area contributed by atoms with Crippen LogP contribution in [0.5, 0.6) is 0 Å². The molecule has 2 aromatic rings. The van der Waals surface area contributed by atoms with Crippen molar-refractivity contribution in [3.63, 3.8) is 0 Å². The number of pyridine rings is 1. The number of aryl methyl sites for hydroxylation is 1. The molecule has 0 bridgehead atoms. The van der Waals surface area contributed by atoms with Crippen LogP contribution in [-0.4, -0.2) is 26.0 Å². The third-order valence-corrected chi connectivity index (χ3v) is 5.40. The van der Waals surface area contributed by atoms with Crippen molar-refractivity contribution >= 4 is 37.6 Å². The monoisotopic (exact) mass is 424 g/mol. The van der Waals surface area contributed by atoms with Crippen LogP contribution in [0.4, 0.5) is 5.82 Å². The molecule has 0 amide bonds. The van der Waals surface area contributed by atoms with E-state index in [-0.39, 0.29) is 11.5 Å². The van der Waals surface area contributed by atoms with E-state index in [0.717, 1.165) is 16.2 Å². The molecule has 8 heteroatoms. The van der Waals surface area contributed by atoms with E-state index in [1.807, 2.05) is 6.92 Å². The van der Waals surface area contributed by atoms with E-state index < -0.39 is 20.7 Å². The Morgan fingerprint density at radius 2 is 1.92 bits per heavy atom. The van der Waals surface area contributed by atoms with E-state index in [1.54, 1.807) is 37.4 Å². The highest BCUT2D eigenvalue weighted by Gasteiger charge is 2.28. The summed E-state index contributed by atoms with van der Waals surface area (Å²) in [7, 11) is -4.03. The van der Waals surface area contributed by atoms with Crippen LogP contribution in [0.15, 0.2) is 63.1 Å². The fraction of sp³-hybridized carbons (Fsp3) is 0.176. The topological polar surface area (TPSA) is 85.4 Å². The van der Waals surface area contributed by atoms with E-state index in [4.69, 9.17) is 4.74 Å². The van der Waals surface area contributed by atoms with Crippen LogP contribution in [0.25, 0.3) is 0 Å². The number of halogens is 1. The second-order valence-corrected chi connectivity index (χ2v) is 7.89. The van der Waals surface area contributed by atoms with Gasteiger partial charge in [0.2, 0.25) is 9.84 Å². The van der Waals surface area contributed by atoms with Crippen LogP contribution in [0.1, 0.15) is 12.5 Å². The summed E-state index contributed by atoms with van der Waals surface area (Å²) >= 11 is 3.26. The molecule has 1 aromatic carbocycles. The van der Waals surface area contributed by atoms with Gasteiger partial charge in [-0.05, 0) is 54.0 Å². The molecule has 1 N–H and O–H groups in total. The lowest BCUT2D eigenvalue weighted by molar-refractivity contribution is -0.137. The Hall–Kier alpha value is -2.19. The summed E-state index contributed by atoms with van der Waals surface area (Å²) in [4.78, 5) is 15.8. The van der Waals surface area contributed by atoms with Gasteiger partial charge in [-0.3, -0.25) is 0 Å². The number of carbonyl (C=O) groups is 1. The number of hydrogen-bond donors (Lipinski definition) is 1. The van der Waals surface area contributed by atoms with Crippen LogP contribution in [0.3, 0.4) is 0 Å². The first-order valence-electron chi connectivity index (χ1n) is 7.41. The molecule has 0 aliphatic heterocycles. The van der Waals surface area contributed by atoms with Crippen molar-refractivity contribution in [2.24, 2.45) is 0 Å². The molecule has 0 saturated carbocycles. The van der Waals surface area contributed by atoms with Crippen molar-refractivity contribution in [1.29, 1.82) is 0 Å². The zero-order valence-electron chi connectivity index (χ0n) is 13.7. The van der Waals surface area contributed by atoms with Gasteiger partial charge in [-0.25, -0.2) is 18.2 Å². The Kier molecular flexibility index (Phi) is 6.33. The number of esters is 1. The summed E-state index contributed by atoms with van der Waals surface area (Å²) in [5, 5.41) is 2.72. The summed E-state index contributed by atoms with van der Waals surface area (Å²) in [6, 6.07) is 9.62. The number of nitrogens with one attached hydrogen (secondary N) is 1. The molecule has 132 valence electrons. The molecule has 2 rings (SSSR count). The Balaban J connectivity index is 2.40. The number of sulfone groups is 1. The largest absolute Gasteiger partial charge is 0.462 e. The summed E-state index contributed by atoms with van der Waals surface area (Å²) in [6.45, 7) is 3.52. The Labute approximate surface area is 155 Å². The molecule has 0 atom stereocenters. The van der Waals surface area contributed by atoms with Gasteiger partial charge in [0.25, 0.3) is 0 Å². The molecule has 0 saturated heterocycles. The van der Waals surface area contributed by atoms with Gasteiger partial charge < -0.3 is 10.1 Å². The minimum Gasteiger partial charge on any atom is -0.462 e. The van der Waals surface area contributed by atoms with Crippen LogP contribution in [-0.2, 0) is 19.4 Å². The average molecular weight is 425 g/mol. The molecule has 0 spiro atoms. The maximum atomic E-state index is 12.8. The summed E-state index contributed by atoms with van der Waals surface area (Å²) in [6.07, 6.45) is 2.65. The fourth-order valence-corrected chi connectivity index (χ4v) is 3.37. The van der Waals surface area contributed by atoms with Crippen LogP contribution < -0.4 is 5.32 Å². The minimum atomic E-state index is -4.03. The molecule has 0 unspecified atom stereocenters. The normalized spacial score (nSPS) is 11.9. The van der Waals surface area contributed by atoms with Gasteiger partial charge in [-0.2, -0.15) is 0 Å². The molecule has 25 heavy (non-hydrogen) atoms. The number of carbonyl (C=O) groups excluding carboxylic acids is 1. The van der Waals surface area contributed by atoms with Gasteiger partial charge in [0, 0.05) is 16.9 Å². The number of hydrogen-bond acceptors (Lipinski definition) is 6. The van der Waals surface area contributed by atoms with Crippen LogP contribution in [0, 0.1) is 6.92 Å². The van der Waals surface area contributed by atoms with Crippen molar-refractivity contribution in [2.75, 3.05) is 11.9 Å². The predicted octanol–water partition coefficient (Wildman–Crippen LogP) is 3.44. The molecule has 0 fully saturated rings. The van der Waals surface area contributed by atoms with Crippen LogP contribution >= 0.6 is 15.9 Å². The second-order valence-electron chi connectivity index (χ2n) is 5.05. The second kappa shape index (κ2) is 8.26. The molecule has 0 aliphatic carbocycles. The van der Waals surface area contributed by atoms with Gasteiger partial charge in [0.05, 0.1) is 11.5 Å². The van der Waals surface area contributed by atoms with Crippen molar-refractivity contribution in [1.82, 2.24) is 4.98 Å². The molecule has 0 radical (unpaired) electrons. The molecule has 6 nitrogen and oxygen atoms in total. The average Bonchev–Trinajstić information content (AvgIpc) is 2.57. The maximum Gasteiger partial charge on any atom is 0.351 e. The highest BCUT2D eigenvalue weighted by atomic mass is 79.9. The third-order valence-electron chi connectivity index (χ3n) is 3.18. The SMILES string of the molecule is CCOC(=O)C(=CNc1ccc(Br)cn1)S(=O)(=O)c1ccc(C)cc1. The lowest BCUT2D eigenvalue weighted by Crippen LogP contribution is -2.18. The predicted molar refractivity (Wildman–Crippen MR) is 98.6 cm³/mol. The van der Waals surface area contributed by atoms with Gasteiger partial charge in [-0.1, -0.05) is 17.7 Å². The van der Waals surface area contributed by atoms with Gasteiger partial charge in [0.15, 0.2) is 4.91 Å². The highest BCUT2D eigenvalue weighted by Crippen LogP contribution is 2.21. The van der Waals surface area contributed by atoms with Gasteiger partial charge in [-0.15, -0.1) is 0 Å². The summed E-state index contributed by atoms with van der Waals surface area (Å²) in [5.74, 6) is -0.531. The number of nitrogens with zero attached hydrogens (tertiary/aromatic N) is 1. The fourth-order valence-electron chi connectivity index (χ4n) is 1.89. The van der Waals surface area contributed by atoms with Gasteiger partial charge >= 0.3 is 5.97 Å². The van der Waals surface area contributed by atoms with E-state index >= 15 is 0 Å². The van der Waals surface area contributed by atoms with E-state index in [0.29, 0.717) is 5.82 Å². The molecule has 0 aliphatic rings. The Bertz CT molecular complexity index is 876. The minimum absolute atomic E-state index is 0.0166. The number of benzene rings is 1. The summed E-state index contributed by atoms with van der Waals surface area (Å²) in [5.41, 5.74) is 0.915. The lowest BCUT2D eigenvalue weighted by atomic mass is 10.2. The first-order valence-corrected chi connectivity index (χ1v) is 9.69. The van der Waals surface area contributed by atoms with Crippen molar-refractivity contribution in [3.8, 4) is 0 Å².